The van der Waals surface area contributed by atoms with E-state index in [1.807, 2.05) is 0 Å². The average molecular weight is 956 g/mol. The molecule has 0 saturated heterocycles. The Hall–Kier alpha value is -4.19. The van der Waals surface area contributed by atoms with Gasteiger partial charge in [-0.1, -0.05) is 245 Å². The predicted octanol–water partition coefficient (Wildman–Crippen LogP) is 18.9. The molecule has 0 aromatic carbocycles. The summed E-state index contributed by atoms with van der Waals surface area (Å²) in [5, 5.41) is 0. The Morgan fingerprint density at radius 3 is 0.884 bits per heavy atom. The minimum Gasteiger partial charge on any atom is -0.462 e. The quantitative estimate of drug-likeness (QED) is 0.0262. The third kappa shape index (κ3) is 54.6. The molecular formula is C63H102O6. The molecule has 69 heavy (non-hydrogen) atoms. The zero-order valence-electron chi connectivity index (χ0n) is 44.5. The Bertz CT molecular complexity index is 1470. The number of esters is 3. The van der Waals surface area contributed by atoms with Crippen molar-refractivity contribution in [3.05, 3.63) is 122 Å². The zero-order chi connectivity index (χ0) is 50.0. The molecule has 0 aromatic rings. The smallest absolute Gasteiger partial charge is 0.306 e. The predicted molar refractivity (Wildman–Crippen MR) is 297 cm³/mol. The normalized spacial score (nSPS) is 13.0. The topological polar surface area (TPSA) is 78.9 Å². The van der Waals surface area contributed by atoms with E-state index in [0.29, 0.717) is 19.3 Å². The Morgan fingerprint density at radius 1 is 0.304 bits per heavy atom. The van der Waals surface area contributed by atoms with E-state index in [-0.39, 0.29) is 31.1 Å². The van der Waals surface area contributed by atoms with Crippen molar-refractivity contribution in [2.45, 2.75) is 245 Å². The second-order valence-electron chi connectivity index (χ2n) is 18.1. The Morgan fingerprint density at radius 2 is 0.565 bits per heavy atom. The highest BCUT2D eigenvalue weighted by Gasteiger charge is 2.19. The van der Waals surface area contributed by atoms with Crippen molar-refractivity contribution in [3.8, 4) is 0 Å². The molecule has 6 heteroatoms. The lowest BCUT2D eigenvalue weighted by molar-refractivity contribution is -0.167. The highest BCUT2D eigenvalue weighted by atomic mass is 16.6. The first-order valence-corrected chi connectivity index (χ1v) is 28.0. The van der Waals surface area contributed by atoms with Crippen molar-refractivity contribution in [3.63, 3.8) is 0 Å². The van der Waals surface area contributed by atoms with Gasteiger partial charge < -0.3 is 14.2 Å². The van der Waals surface area contributed by atoms with Crippen LogP contribution >= 0.6 is 0 Å². The Kier molecular flexibility index (Phi) is 53.0. The molecular weight excluding hydrogens is 853 g/mol. The van der Waals surface area contributed by atoms with Gasteiger partial charge in [-0.05, 0) is 96.3 Å². The number of unbranched alkanes of at least 4 members (excludes halogenated alkanes) is 18. The molecule has 0 spiro atoms. The largest absolute Gasteiger partial charge is 0.462 e. The second kappa shape index (κ2) is 56.4. The summed E-state index contributed by atoms with van der Waals surface area (Å²) >= 11 is 0. The first-order valence-electron chi connectivity index (χ1n) is 28.0. The summed E-state index contributed by atoms with van der Waals surface area (Å²) in [4.78, 5) is 37.7. The fourth-order valence-electron chi connectivity index (χ4n) is 7.29. The first kappa shape index (κ1) is 64.8. The molecule has 0 fully saturated rings. The lowest BCUT2D eigenvalue weighted by atomic mass is 10.1. The van der Waals surface area contributed by atoms with Gasteiger partial charge in [0.25, 0.3) is 0 Å². The number of carbonyl (C=O) groups is 3. The van der Waals surface area contributed by atoms with Crippen molar-refractivity contribution in [2.75, 3.05) is 13.2 Å². The van der Waals surface area contributed by atoms with Gasteiger partial charge in [0, 0.05) is 19.3 Å². The van der Waals surface area contributed by atoms with Gasteiger partial charge in [-0.15, -0.1) is 0 Å². The van der Waals surface area contributed by atoms with Crippen LogP contribution in [0.4, 0.5) is 0 Å². The molecule has 6 nitrogen and oxygen atoms in total. The molecule has 0 radical (unpaired) electrons. The fraction of sp³-hybridized carbons (Fsp3) is 0.635. The molecule has 0 rings (SSSR count). The molecule has 1 unspecified atom stereocenters. The summed E-state index contributed by atoms with van der Waals surface area (Å²) < 4.78 is 16.7. The SMILES string of the molecule is CC/C=C\C/C=C\C/C=C\C/C=C\C/C=C\C/C=C\C/C=C\C/C=C\C/C=C\C/C=C\CCCCCCC(=O)OCC(COC(=O)CCCCCCCCC)OC(=O)CCCCCCCCCCC. The van der Waals surface area contributed by atoms with Crippen LogP contribution in [0.15, 0.2) is 122 Å². The van der Waals surface area contributed by atoms with Crippen molar-refractivity contribution < 1.29 is 28.6 Å². The molecule has 0 aliphatic rings. The number of carbonyl (C=O) groups excluding carboxylic acids is 3. The maximum atomic E-state index is 12.7. The number of allylic oxidation sites excluding steroid dienone is 20. The monoisotopic (exact) mass is 955 g/mol. The zero-order valence-corrected chi connectivity index (χ0v) is 44.5. The van der Waals surface area contributed by atoms with Gasteiger partial charge in [0.2, 0.25) is 0 Å². The van der Waals surface area contributed by atoms with E-state index in [0.717, 1.165) is 135 Å². The van der Waals surface area contributed by atoms with Crippen molar-refractivity contribution >= 4 is 17.9 Å². The van der Waals surface area contributed by atoms with Crippen LogP contribution in [0.3, 0.4) is 0 Å². The highest BCUT2D eigenvalue weighted by Crippen LogP contribution is 2.14. The van der Waals surface area contributed by atoms with Crippen LogP contribution in [0.25, 0.3) is 0 Å². The van der Waals surface area contributed by atoms with Gasteiger partial charge >= 0.3 is 17.9 Å². The van der Waals surface area contributed by atoms with Crippen LogP contribution in [-0.2, 0) is 28.6 Å². The van der Waals surface area contributed by atoms with E-state index in [1.54, 1.807) is 0 Å². The van der Waals surface area contributed by atoms with Crippen LogP contribution in [0.5, 0.6) is 0 Å². The minimum absolute atomic E-state index is 0.0857. The van der Waals surface area contributed by atoms with E-state index < -0.39 is 6.10 Å². The van der Waals surface area contributed by atoms with Crippen molar-refractivity contribution in [1.82, 2.24) is 0 Å². The van der Waals surface area contributed by atoms with Gasteiger partial charge in [-0.25, -0.2) is 0 Å². The van der Waals surface area contributed by atoms with E-state index in [2.05, 4.69) is 142 Å². The minimum atomic E-state index is -0.783. The van der Waals surface area contributed by atoms with Gasteiger partial charge in [0.1, 0.15) is 13.2 Å². The summed E-state index contributed by atoms with van der Waals surface area (Å²) in [7, 11) is 0. The van der Waals surface area contributed by atoms with E-state index in [1.165, 1.54) is 64.2 Å². The third-order valence-corrected chi connectivity index (χ3v) is 11.5. The number of hydrogen-bond acceptors (Lipinski definition) is 6. The van der Waals surface area contributed by atoms with Crippen LogP contribution < -0.4 is 0 Å². The molecule has 0 N–H and O–H groups in total. The molecule has 0 heterocycles. The third-order valence-electron chi connectivity index (χ3n) is 11.5. The van der Waals surface area contributed by atoms with Crippen LogP contribution in [0, 0.1) is 0 Å². The second-order valence-corrected chi connectivity index (χ2v) is 18.1. The van der Waals surface area contributed by atoms with Crippen molar-refractivity contribution in [2.24, 2.45) is 0 Å². The molecule has 1 atom stereocenters. The van der Waals surface area contributed by atoms with Gasteiger partial charge in [0.05, 0.1) is 0 Å². The molecule has 0 aliphatic heterocycles. The molecule has 390 valence electrons. The standard InChI is InChI=1S/C63H102O6/c1-4-7-10-13-16-18-19-20-21-22-23-24-25-26-27-28-29-30-31-32-33-34-35-36-37-38-39-40-41-42-43-45-47-50-53-56-62(65)68-59-60(58-67-61(64)55-52-49-46-15-12-9-6-3)69-63(66)57-54-51-48-44-17-14-11-8-5-2/h7,10,16,18,20-21,23-24,26-27,29-30,32-33,35-36,38-39,41-42,60H,4-6,8-9,11-15,17,19,22,25,28,31,34,37,40,43-59H2,1-3H3/b10-7-,18-16-,21-20-,24-23-,27-26-,30-29-,33-32-,36-35-,39-38-,42-41-. The summed E-state index contributed by atoms with van der Waals surface area (Å²) in [6.45, 7) is 6.42. The summed E-state index contributed by atoms with van der Waals surface area (Å²) in [6, 6.07) is 0. The number of ether oxygens (including phenoxy) is 3. The number of hydrogen-bond donors (Lipinski definition) is 0. The summed E-state index contributed by atoms with van der Waals surface area (Å²) in [5.41, 5.74) is 0. The Labute approximate surface area is 424 Å². The average Bonchev–Trinajstić information content (AvgIpc) is 3.35. The van der Waals surface area contributed by atoms with E-state index >= 15 is 0 Å². The fourth-order valence-corrected chi connectivity index (χ4v) is 7.29. The highest BCUT2D eigenvalue weighted by molar-refractivity contribution is 5.71. The molecule has 0 bridgehead atoms. The van der Waals surface area contributed by atoms with Crippen molar-refractivity contribution in [1.29, 1.82) is 0 Å². The lowest BCUT2D eigenvalue weighted by Gasteiger charge is -2.18. The molecule has 0 saturated carbocycles. The maximum absolute atomic E-state index is 12.7. The Balaban J connectivity index is 4.12. The summed E-state index contributed by atoms with van der Waals surface area (Å²) in [5.74, 6) is -0.927. The van der Waals surface area contributed by atoms with E-state index in [9.17, 15) is 14.4 Å². The maximum Gasteiger partial charge on any atom is 0.306 e. The van der Waals surface area contributed by atoms with Crippen LogP contribution in [-0.4, -0.2) is 37.2 Å². The van der Waals surface area contributed by atoms with Crippen LogP contribution in [0.2, 0.25) is 0 Å². The first-order chi connectivity index (χ1) is 34.0. The molecule has 0 aromatic heterocycles. The summed E-state index contributed by atoms with van der Waals surface area (Å²) in [6.07, 6.45) is 78.0. The van der Waals surface area contributed by atoms with E-state index in [4.69, 9.17) is 14.2 Å². The van der Waals surface area contributed by atoms with Gasteiger partial charge in [0.15, 0.2) is 6.10 Å². The van der Waals surface area contributed by atoms with Gasteiger partial charge in [-0.2, -0.15) is 0 Å². The molecule has 0 aliphatic carbocycles. The molecule has 0 amide bonds. The lowest BCUT2D eigenvalue weighted by Crippen LogP contribution is -2.30. The van der Waals surface area contributed by atoms with Gasteiger partial charge in [-0.3, -0.25) is 14.4 Å². The van der Waals surface area contributed by atoms with Crippen LogP contribution in [0.1, 0.15) is 239 Å². The number of rotatable bonds is 49.